The first-order chi connectivity index (χ1) is 5.54. The Labute approximate surface area is 72.0 Å². The average Bonchev–Trinajstić information content (AvgIpc) is 1.97. The Kier molecular flexibility index (Phi) is 5.08. The molecule has 0 heterocycles. The Morgan fingerprint density at radius 1 is 1.42 bits per heavy atom. The molecule has 0 rings (SSSR count). The number of carboxylic acid groups (broad SMARTS) is 1. The van der Waals surface area contributed by atoms with Crippen LogP contribution in [0.4, 0.5) is 4.79 Å². The van der Waals surface area contributed by atoms with Gasteiger partial charge in [-0.3, -0.25) is 4.79 Å². The van der Waals surface area contributed by atoms with Crippen LogP contribution in [0.1, 0.15) is 26.7 Å². The molecule has 12 heavy (non-hydrogen) atoms. The molecule has 0 saturated carbocycles. The quantitative estimate of drug-likeness (QED) is 0.615. The maximum atomic E-state index is 11.0. The predicted molar refractivity (Wildman–Crippen MR) is 45.1 cm³/mol. The second-order valence-electron chi connectivity index (χ2n) is 2.96. The number of nitrogens with one attached hydrogen (secondary N) is 1. The topological polar surface area (TPSA) is 66.4 Å². The minimum atomic E-state index is -1.04. The molecule has 0 aromatic heterocycles. The van der Waals surface area contributed by atoms with Crippen molar-refractivity contribution in [3.8, 4) is 0 Å². The molecule has 4 heteroatoms. The van der Waals surface area contributed by atoms with Crippen LogP contribution in [0.5, 0.6) is 0 Å². The van der Waals surface area contributed by atoms with Crippen LogP contribution in [-0.4, -0.2) is 23.5 Å². The molecule has 0 atom stereocenters. The van der Waals surface area contributed by atoms with Crippen molar-refractivity contribution in [2.75, 3.05) is 6.54 Å². The van der Waals surface area contributed by atoms with E-state index in [2.05, 4.69) is 5.32 Å². The maximum absolute atomic E-state index is 11.0. The monoisotopic (exact) mass is 173 g/mol. The van der Waals surface area contributed by atoms with Gasteiger partial charge in [-0.15, -0.1) is 0 Å². The third-order valence-corrected chi connectivity index (χ3v) is 1.52. The zero-order valence-electron chi connectivity index (χ0n) is 7.46. The summed E-state index contributed by atoms with van der Waals surface area (Å²) >= 11 is 0. The number of hydrogen-bond donors (Lipinski definition) is 2. The summed E-state index contributed by atoms with van der Waals surface area (Å²) in [4.78, 5) is 21.0. The number of hydrogen-bond acceptors (Lipinski definition) is 2. The molecule has 0 radical (unpaired) electrons. The van der Waals surface area contributed by atoms with Crippen molar-refractivity contribution in [3.05, 3.63) is 0 Å². The van der Waals surface area contributed by atoms with E-state index in [9.17, 15) is 9.59 Å². The van der Waals surface area contributed by atoms with E-state index in [0.29, 0.717) is 19.4 Å². The Morgan fingerprint density at radius 3 is 2.42 bits per heavy atom. The largest absolute Gasteiger partial charge is 0.465 e. The second kappa shape index (κ2) is 5.57. The third-order valence-electron chi connectivity index (χ3n) is 1.52. The van der Waals surface area contributed by atoms with Crippen molar-refractivity contribution < 1.29 is 14.7 Å². The van der Waals surface area contributed by atoms with Gasteiger partial charge in [0.1, 0.15) is 5.78 Å². The van der Waals surface area contributed by atoms with Gasteiger partial charge in [0, 0.05) is 18.9 Å². The summed E-state index contributed by atoms with van der Waals surface area (Å²) in [5.74, 6) is 0.233. The van der Waals surface area contributed by atoms with E-state index in [4.69, 9.17) is 5.11 Å². The van der Waals surface area contributed by atoms with Gasteiger partial charge in [-0.1, -0.05) is 13.8 Å². The number of Topliss-reactive ketones (excluding diaryl/α,β-unsaturated/α-hetero) is 1. The van der Waals surface area contributed by atoms with Gasteiger partial charge in [0.15, 0.2) is 0 Å². The average molecular weight is 173 g/mol. The molecule has 0 unspecified atom stereocenters. The smallest absolute Gasteiger partial charge is 0.404 e. The Morgan fingerprint density at radius 2 is 2.00 bits per heavy atom. The summed E-state index contributed by atoms with van der Waals surface area (Å²) in [6, 6.07) is 0. The lowest BCUT2D eigenvalue weighted by Crippen LogP contribution is -2.22. The fourth-order valence-electron chi connectivity index (χ4n) is 0.747. The first-order valence-corrected chi connectivity index (χ1v) is 4.03. The third kappa shape index (κ3) is 5.70. The van der Waals surface area contributed by atoms with E-state index in [1.807, 2.05) is 13.8 Å². The van der Waals surface area contributed by atoms with Crippen LogP contribution >= 0.6 is 0 Å². The molecular weight excluding hydrogens is 158 g/mol. The fourth-order valence-corrected chi connectivity index (χ4v) is 0.747. The molecule has 0 aliphatic heterocycles. The first-order valence-electron chi connectivity index (χ1n) is 4.03. The Bertz CT molecular complexity index is 166. The number of amides is 1. The molecule has 0 bridgehead atoms. The second-order valence-corrected chi connectivity index (χ2v) is 2.96. The van der Waals surface area contributed by atoms with Crippen molar-refractivity contribution in [2.45, 2.75) is 26.7 Å². The van der Waals surface area contributed by atoms with E-state index >= 15 is 0 Å². The zero-order valence-corrected chi connectivity index (χ0v) is 7.46. The highest BCUT2D eigenvalue weighted by molar-refractivity contribution is 5.80. The van der Waals surface area contributed by atoms with E-state index in [0.717, 1.165) is 0 Å². The molecule has 0 aromatic carbocycles. The fraction of sp³-hybridized carbons (Fsp3) is 0.750. The van der Waals surface area contributed by atoms with E-state index in [1.54, 1.807) is 0 Å². The molecule has 0 spiro atoms. The van der Waals surface area contributed by atoms with Crippen LogP contribution in [-0.2, 0) is 4.79 Å². The van der Waals surface area contributed by atoms with Crippen LogP contribution in [0.25, 0.3) is 0 Å². The summed E-state index contributed by atoms with van der Waals surface area (Å²) in [7, 11) is 0. The summed E-state index contributed by atoms with van der Waals surface area (Å²) in [6.07, 6.45) is 0.00773. The van der Waals surface area contributed by atoms with Gasteiger partial charge < -0.3 is 10.4 Å². The van der Waals surface area contributed by atoms with Crippen molar-refractivity contribution in [3.63, 3.8) is 0 Å². The van der Waals surface area contributed by atoms with Gasteiger partial charge in [0.25, 0.3) is 0 Å². The predicted octanol–water partition coefficient (Wildman–Crippen LogP) is 1.26. The van der Waals surface area contributed by atoms with Crippen molar-refractivity contribution in [2.24, 2.45) is 5.92 Å². The highest BCUT2D eigenvalue weighted by Crippen LogP contribution is 2.00. The molecule has 0 aromatic rings. The number of ketones is 1. The van der Waals surface area contributed by atoms with Crippen molar-refractivity contribution in [1.82, 2.24) is 5.32 Å². The summed E-state index contributed by atoms with van der Waals surface area (Å²) < 4.78 is 0. The lowest BCUT2D eigenvalue weighted by molar-refractivity contribution is -0.121. The van der Waals surface area contributed by atoms with Crippen LogP contribution in [0.15, 0.2) is 0 Å². The molecule has 1 amide bonds. The van der Waals surface area contributed by atoms with Crippen molar-refractivity contribution >= 4 is 11.9 Å². The summed E-state index contributed by atoms with van der Waals surface area (Å²) in [5.41, 5.74) is 0. The molecule has 70 valence electrons. The molecule has 0 aliphatic rings. The Balaban J connectivity index is 3.32. The number of carbonyl (C=O) groups is 2. The van der Waals surface area contributed by atoms with Gasteiger partial charge in [0.2, 0.25) is 0 Å². The SMILES string of the molecule is CC(C)C(=O)CCCNC(=O)O. The van der Waals surface area contributed by atoms with Gasteiger partial charge in [-0.25, -0.2) is 4.79 Å². The molecule has 0 aliphatic carbocycles. The van der Waals surface area contributed by atoms with E-state index < -0.39 is 6.09 Å². The molecule has 0 fully saturated rings. The summed E-state index contributed by atoms with van der Waals surface area (Å²) in [5, 5.41) is 10.4. The van der Waals surface area contributed by atoms with Gasteiger partial charge >= 0.3 is 6.09 Å². The minimum absolute atomic E-state index is 0.0508. The highest BCUT2D eigenvalue weighted by Gasteiger charge is 2.05. The maximum Gasteiger partial charge on any atom is 0.404 e. The van der Waals surface area contributed by atoms with Gasteiger partial charge in [-0.05, 0) is 6.42 Å². The van der Waals surface area contributed by atoms with Crippen LogP contribution in [0.3, 0.4) is 0 Å². The van der Waals surface area contributed by atoms with Gasteiger partial charge in [0.05, 0.1) is 0 Å². The minimum Gasteiger partial charge on any atom is -0.465 e. The molecule has 2 N–H and O–H groups in total. The summed E-state index contributed by atoms with van der Waals surface area (Å²) in [6.45, 7) is 4.04. The normalized spacial score (nSPS) is 9.92. The van der Waals surface area contributed by atoms with Gasteiger partial charge in [-0.2, -0.15) is 0 Å². The molecule has 0 saturated heterocycles. The Hall–Kier alpha value is -1.06. The first kappa shape index (κ1) is 10.9. The van der Waals surface area contributed by atoms with Crippen molar-refractivity contribution in [1.29, 1.82) is 0 Å². The molecule has 4 nitrogen and oxygen atoms in total. The lowest BCUT2D eigenvalue weighted by atomic mass is 10.1. The number of carbonyl (C=O) groups excluding carboxylic acids is 1. The number of rotatable bonds is 5. The molecular formula is C8H15NO3. The van der Waals surface area contributed by atoms with E-state index in [-0.39, 0.29) is 11.7 Å². The standard InChI is InChI=1S/C8H15NO3/c1-6(2)7(10)4-3-5-9-8(11)12/h6,9H,3-5H2,1-2H3,(H,11,12). The van der Waals surface area contributed by atoms with Crippen LogP contribution < -0.4 is 5.32 Å². The lowest BCUT2D eigenvalue weighted by Gasteiger charge is -2.03. The van der Waals surface area contributed by atoms with Crippen LogP contribution in [0, 0.1) is 5.92 Å². The zero-order chi connectivity index (χ0) is 9.56. The highest BCUT2D eigenvalue weighted by atomic mass is 16.4. The van der Waals surface area contributed by atoms with Crippen LogP contribution in [0.2, 0.25) is 0 Å². The van der Waals surface area contributed by atoms with E-state index in [1.165, 1.54) is 0 Å².